The monoisotopic (exact) mass is 267 g/mol. The molecule has 1 heterocycles. The molecule has 5 nitrogen and oxygen atoms in total. The Hall–Kier alpha value is -1.53. The van der Waals surface area contributed by atoms with E-state index in [9.17, 15) is 13.8 Å². The van der Waals surface area contributed by atoms with Gasteiger partial charge in [0.05, 0.1) is 17.2 Å². The van der Waals surface area contributed by atoms with E-state index in [1.807, 2.05) is 0 Å². The molecule has 1 aromatic rings. The Bertz CT molecular complexity index is 492. The van der Waals surface area contributed by atoms with Gasteiger partial charge in [-0.05, 0) is 26.0 Å². The zero-order valence-electron chi connectivity index (χ0n) is 10.1. The van der Waals surface area contributed by atoms with Crippen molar-refractivity contribution >= 4 is 22.9 Å². The highest BCUT2D eigenvalue weighted by Gasteiger charge is 2.36. The molecular weight excluding hydrogens is 254 g/mol. The smallest absolute Gasteiger partial charge is 0.262 e. The van der Waals surface area contributed by atoms with Crippen LogP contribution in [0.2, 0.25) is 0 Å². The van der Waals surface area contributed by atoms with Crippen LogP contribution in [0.4, 0.5) is 0 Å². The van der Waals surface area contributed by atoms with Gasteiger partial charge in [-0.25, -0.2) is 4.21 Å². The molecule has 0 radical (unpaired) electrons. The molecule has 0 bridgehead atoms. The first-order valence-corrected chi connectivity index (χ1v) is 6.76. The Morgan fingerprint density at radius 2 is 1.67 bits per heavy atom. The van der Waals surface area contributed by atoms with Crippen LogP contribution in [0.5, 0.6) is 0 Å². The third kappa shape index (κ3) is 2.34. The summed E-state index contributed by atoms with van der Waals surface area (Å²) in [5, 5.41) is 0. The molecule has 1 atom stereocenters. The number of hydrogen-bond donors (Lipinski definition) is 0. The molecule has 2 rings (SSSR count). The summed E-state index contributed by atoms with van der Waals surface area (Å²) in [6, 6.07) is 6.55. The van der Waals surface area contributed by atoms with E-state index in [-0.39, 0.29) is 12.0 Å². The third-order valence-electron chi connectivity index (χ3n) is 2.41. The van der Waals surface area contributed by atoms with Crippen molar-refractivity contribution in [2.45, 2.75) is 20.0 Å². The number of imide groups is 1. The van der Waals surface area contributed by atoms with Crippen molar-refractivity contribution in [1.29, 1.82) is 0 Å². The van der Waals surface area contributed by atoms with E-state index >= 15 is 0 Å². The molecule has 18 heavy (non-hydrogen) atoms. The molecule has 1 aliphatic rings. The Morgan fingerprint density at radius 3 is 2.11 bits per heavy atom. The van der Waals surface area contributed by atoms with Crippen LogP contribution in [-0.2, 0) is 15.3 Å². The summed E-state index contributed by atoms with van der Waals surface area (Å²) < 4.78 is 16.6. The van der Waals surface area contributed by atoms with Gasteiger partial charge >= 0.3 is 0 Å². The van der Waals surface area contributed by atoms with Crippen LogP contribution in [-0.4, -0.2) is 32.9 Å². The van der Waals surface area contributed by atoms with Crippen molar-refractivity contribution in [2.75, 3.05) is 5.88 Å². The fourth-order valence-corrected chi connectivity index (χ4v) is 2.64. The number of rotatable bonds is 4. The maximum Gasteiger partial charge on any atom is 0.262 e. The zero-order valence-corrected chi connectivity index (χ0v) is 10.9. The lowest BCUT2D eigenvalue weighted by Crippen LogP contribution is -2.33. The highest BCUT2D eigenvalue weighted by atomic mass is 32.2. The van der Waals surface area contributed by atoms with Gasteiger partial charge < -0.3 is 0 Å². The van der Waals surface area contributed by atoms with Gasteiger partial charge in [-0.15, -0.1) is 0 Å². The number of amides is 2. The molecule has 6 heteroatoms. The van der Waals surface area contributed by atoms with Gasteiger partial charge in [-0.1, -0.05) is 12.1 Å². The van der Waals surface area contributed by atoms with E-state index < -0.39 is 22.9 Å². The van der Waals surface area contributed by atoms with Crippen LogP contribution in [0.1, 0.15) is 34.6 Å². The van der Waals surface area contributed by atoms with Crippen molar-refractivity contribution < 1.29 is 18.0 Å². The first-order chi connectivity index (χ1) is 8.50. The minimum atomic E-state index is -1.69. The summed E-state index contributed by atoms with van der Waals surface area (Å²) in [7, 11) is 0. The van der Waals surface area contributed by atoms with Gasteiger partial charge in [-0.3, -0.25) is 18.7 Å². The summed E-state index contributed by atoms with van der Waals surface area (Å²) in [4.78, 5) is 24.8. The summed E-state index contributed by atoms with van der Waals surface area (Å²) in [5.74, 6) is -1.07. The van der Waals surface area contributed by atoms with Gasteiger partial charge in [0.1, 0.15) is 5.88 Å². The largest absolute Gasteiger partial charge is 0.286 e. The summed E-state index contributed by atoms with van der Waals surface area (Å²) in [6.45, 7) is 3.47. The minimum Gasteiger partial charge on any atom is -0.286 e. The molecule has 1 unspecified atom stereocenters. The van der Waals surface area contributed by atoms with E-state index in [2.05, 4.69) is 0 Å². The fourth-order valence-electron chi connectivity index (χ4n) is 1.71. The lowest BCUT2D eigenvalue weighted by molar-refractivity contribution is 0.0677. The average Bonchev–Trinajstić information content (AvgIpc) is 2.54. The third-order valence-corrected chi connectivity index (χ3v) is 3.48. The minimum absolute atomic E-state index is 0.221. The second-order valence-electron chi connectivity index (χ2n) is 4.16. The Labute approximate surface area is 107 Å². The highest BCUT2D eigenvalue weighted by molar-refractivity contribution is 7.80. The van der Waals surface area contributed by atoms with E-state index in [1.54, 1.807) is 38.1 Å². The number of carbonyl (C=O) groups is 2. The Morgan fingerprint density at radius 1 is 1.17 bits per heavy atom. The molecule has 96 valence electrons. The molecule has 0 aromatic heterocycles. The van der Waals surface area contributed by atoms with Crippen LogP contribution in [0.15, 0.2) is 24.3 Å². The van der Waals surface area contributed by atoms with Crippen molar-refractivity contribution in [3.05, 3.63) is 35.4 Å². The first-order valence-electron chi connectivity index (χ1n) is 5.51. The van der Waals surface area contributed by atoms with Crippen LogP contribution in [0, 0.1) is 0 Å². The fraction of sp³-hybridized carbons (Fsp3) is 0.333. The van der Waals surface area contributed by atoms with E-state index in [4.69, 9.17) is 4.18 Å². The first kappa shape index (κ1) is 12.9. The highest BCUT2D eigenvalue weighted by Crippen LogP contribution is 2.22. The van der Waals surface area contributed by atoms with Crippen LogP contribution < -0.4 is 0 Å². The molecule has 2 amide bonds. The predicted octanol–water partition coefficient (Wildman–Crippen LogP) is 1.33. The van der Waals surface area contributed by atoms with Crippen LogP contribution in [0.25, 0.3) is 0 Å². The molecule has 0 aliphatic carbocycles. The second kappa shape index (κ2) is 4.99. The number of carbonyl (C=O) groups excluding carboxylic acids is 2. The van der Waals surface area contributed by atoms with E-state index in [0.29, 0.717) is 11.1 Å². The van der Waals surface area contributed by atoms with Crippen molar-refractivity contribution in [3.63, 3.8) is 0 Å². The van der Waals surface area contributed by atoms with Crippen LogP contribution >= 0.6 is 0 Å². The lowest BCUT2D eigenvalue weighted by Gasteiger charge is -2.14. The van der Waals surface area contributed by atoms with Gasteiger partial charge in [-0.2, -0.15) is 0 Å². The van der Waals surface area contributed by atoms with Gasteiger partial charge in [0, 0.05) is 0 Å². The molecule has 0 N–H and O–H groups in total. The molecule has 0 spiro atoms. The normalized spacial score (nSPS) is 16.3. The summed E-state index contributed by atoms with van der Waals surface area (Å²) in [5.41, 5.74) is 0.702. The molecule has 1 aliphatic heterocycles. The molecule has 1 aromatic carbocycles. The predicted molar refractivity (Wildman–Crippen MR) is 66.2 cm³/mol. The zero-order chi connectivity index (χ0) is 13.3. The standard InChI is InChI=1S/C12H13NO4S/c1-8(2)17-18(16)7-13-11(14)9-5-3-4-6-10(9)12(13)15/h3-6,8H,7H2,1-2H3. The van der Waals surface area contributed by atoms with Crippen LogP contribution in [0.3, 0.4) is 0 Å². The lowest BCUT2D eigenvalue weighted by atomic mass is 10.1. The molecule has 0 fully saturated rings. The Balaban J connectivity index is 2.16. The van der Waals surface area contributed by atoms with Crippen molar-refractivity contribution in [1.82, 2.24) is 4.90 Å². The second-order valence-corrected chi connectivity index (χ2v) is 5.22. The van der Waals surface area contributed by atoms with Gasteiger partial charge in [0.25, 0.3) is 11.8 Å². The SMILES string of the molecule is CC(C)OS(=O)CN1C(=O)c2ccccc2C1=O. The molecule has 0 saturated heterocycles. The number of nitrogens with zero attached hydrogens (tertiary/aromatic N) is 1. The van der Waals surface area contributed by atoms with Gasteiger partial charge in [0.15, 0.2) is 11.1 Å². The summed E-state index contributed by atoms with van der Waals surface area (Å²) in [6.07, 6.45) is -0.221. The molecule has 0 saturated carbocycles. The number of fused-ring (bicyclic) bond motifs is 1. The van der Waals surface area contributed by atoms with Crippen molar-refractivity contribution in [3.8, 4) is 0 Å². The average molecular weight is 267 g/mol. The van der Waals surface area contributed by atoms with E-state index in [0.717, 1.165) is 4.90 Å². The van der Waals surface area contributed by atoms with E-state index in [1.165, 1.54) is 0 Å². The Kier molecular flexibility index (Phi) is 3.58. The topological polar surface area (TPSA) is 63.7 Å². The maximum absolute atomic E-state index is 11.9. The number of benzene rings is 1. The van der Waals surface area contributed by atoms with Gasteiger partial charge in [0.2, 0.25) is 0 Å². The summed E-state index contributed by atoms with van der Waals surface area (Å²) >= 11 is -1.69. The quantitative estimate of drug-likeness (QED) is 0.772. The molecular formula is C12H13NO4S. The van der Waals surface area contributed by atoms with Crippen molar-refractivity contribution in [2.24, 2.45) is 0 Å². The maximum atomic E-state index is 11.9. The number of hydrogen-bond acceptors (Lipinski definition) is 4.